The molecule has 0 bridgehead atoms. The molecule has 116 valence electrons. The molecule has 0 fully saturated rings. The number of nitrogens with one attached hydrogen (secondary N) is 1. The molecular formula is C10H17BrN2O4S3. The highest BCUT2D eigenvalue weighted by molar-refractivity contribution is 9.10. The fraction of sp³-hybridized carbons (Fsp3) is 0.600. The Morgan fingerprint density at radius 3 is 2.45 bits per heavy atom. The van der Waals surface area contributed by atoms with E-state index in [9.17, 15) is 16.8 Å². The van der Waals surface area contributed by atoms with E-state index in [1.807, 2.05) is 0 Å². The lowest BCUT2D eigenvalue weighted by Gasteiger charge is -2.17. The number of halogens is 1. The Hall–Kier alpha value is -0.000000000000000111. The van der Waals surface area contributed by atoms with E-state index in [0.29, 0.717) is 24.0 Å². The summed E-state index contributed by atoms with van der Waals surface area (Å²) >= 11 is 4.30. The van der Waals surface area contributed by atoms with Gasteiger partial charge in [0.15, 0.2) is 0 Å². The summed E-state index contributed by atoms with van der Waals surface area (Å²) in [7, 11) is -6.76. The standard InChI is InChI=1S/C10H17BrN2O4S3/c1-3-13(19(2,14)15)7-4-6-12-20(16,17)10-9(11)5-8-18-10/h5,8,12H,3-4,6-7H2,1-2H3. The Kier molecular flexibility index (Phi) is 6.61. The smallest absolute Gasteiger partial charge is 0.213 e. The summed E-state index contributed by atoms with van der Waals surface area (Å²) in [6.07, 6.45) is 1.56. The predicted octanol–water partition coefficient (Wildman–Crippen LogP) is 1.46. The molecular weight excluding hydrogens is 388 g/mol. The zero-order chi connectivity index (χ0) is 15.4. The Balaban J connectivity index is 2.51. The van der Waals surface area contributed by atoms with Crippen LogP contribution in [0.3, 0.4) is 0 Å². The first-order valence-electron chi connectivity index (χ1n) is 5.86. The van der Waals surface area contributed by atoms with Crippen molar-refractivity contribution in [3.63, 3.8) is 0 Å². The normalized spacial score (nSPS) is 13.0. The molecule has 0 unspecified atom stereocenters. The number of rotatable bonds is 8. The van der Waals surface area contributed by atoms with Gasteiger partial charge in [-0.3, -0.25) is 0 Å². The summed E-state index contributed by atoms with van der Waals surface area (Å²) < 4.78 is 51.2. The molecule has 10 heteroatoms. The maximum atomic E-state index is 12.0. The van der Waals surface area contributed by atoms with Gasteiger partial charge in [-0.05, 0) is 33.8 Å². The minimum Gasteiger partial charge on any atom is -0.213 e. The largest absolute Gasteiger partial charge is 0.251 e. The van der Waals surface area contributed by atoms with Gasteiger partial charge >= 0.3 is 0 Å². The van der Waals surface area contributed by atoms with E-state index >= 15 is 0 Å². The van der Waals surface area contributed by atoms with E-state index in [-0.39, 0.29) is 10.8 Å². The molecule has 1 aromatic heterocycles. The lowest BCUT2D eigenvalue weighted by Crippen LogP contribution is -2.33. The van der Waals surface area contributed by atoms with E-state index < -0.39 is 20.0 Å². The summed E-state index contributed by atoms with van der Waals surface area (Å²) in [6, 6.07) is 1.67. The number of nitrogens with zero attached hydrogens (tertiary/aromatic N) is 1. The SMILES string of the molecule is CCN(CCCNS(=O)(=O)c1sccc1Br)S(C)(=O)=O. The quantitative estimate of drug-likeness (QED) is 0.664. The Labute approximate surface area is 132 Å². The highest BCUT2D eigenvalue weighted by Crippen LogP contribution is 2.27. The molecule has 6 nitrogen and oxygen atoms in total. The lowest BCUT2D eigenvalue weighted by molar-refractivity contribution is 0.424. The third-order valence-electron chi connectivity index (χ3n) is 2.53. The number of sulfonamides is 2. The number of hydrogen-bond acceptors (Lipinski definition) is 5. The number of thiophene rings is 1. The maximum absolute atomic E-state index is 12.0. The second-order valence-corrected chi connectivity index (χ2v) is 9.78. The van der Waals surface area contributed by atoms with E-state index in [0.717, 1.165) is 17.6 Å². The third-order valence-corrected chi connectivity index (χ3v) is 8.04. The van der Waals surface area contributed by atoms with Crippen molar-refractivity contribution in [1.82, 2.24) is 9.03 Å². The van der Waals surface area contributed by atoms with Gasteiger partial charge in [-0.15, -0.1) is 11.3 Å². The van der Waals surface area contributed by atoms with Crippen molar-refractivity contribution >= 4 is 47.3 Å². The van der Waals surface area contributed by atoms with Crippen LogP contribution in [0, 0.1) is 0 Å². The van der Waals surface area contributed by atoms with E-state index in [1.54, 1.807) is 18.4 Å². The van der Waals surface area contributed by atoms with Gasteiger partial charge in [0.1, 0.15) is 4.21 Å². The molecule has 0 amide bonds. The lowest BCUT2D eigenvalue weighted by atomic mass is 10.4. The minimum absolute atomic E-state index is 0.193. The molecule has 0 saturated heterocycles. The van der Waals surface area contributed by atoms with Crippen molar-refractivity contribution in [1.29, 1.82) is 0 Å². The summed E-state index contributed by atoms with van der Waals surface area (Å²) in [5.41, 5.74) is 0. The molecule has 0 aromatic carbocycles. The van der Waals surface area contributed by atoms with Gasteiger partial charge in [0, 0.05) is 24.1 Å². The van der Waals surface area contributed by atoms with Crippen molar-refractivity contribution < 1.29 is 16.8 Å². The minimum atomic E-state index is -3.53. The fourth-order valence-electron chi connectivity index (χ4n) is 1.56. The molecule has 0 atom stereocenters. The Morgan fingerprint density at radius 1 is 1.35 bits per heavy atom. The van der Waals surface area contributed by atoms with Crippen molar-refractivity contribution in [2.75, 3.05) is 25.9 Å². The fourth-order valence-corrected chi connectivity index (χ4v) is 5.94. The molecule has 0 spiro atoms. The van der Waals surface area contributed by atoms with Crippen LogP contribution in [0.4, 0.5) is 0 Å². The molecule has 0 radical (unpaired) electrons. The molecule has 0 aliphatic rings. The number of hydrogen-bond donors (Lipinski definition) is 1. The van der Waals surface area contributed by atoms with Gasteiger partial charge in [-0.25, -0.2) is 25.9 Å². The molecule has 20 heavy (non-hydrogen) atoms. The predicted molar refractivity (Wildman–Crippen MR) is 83.9 cm³/mol. The van der Waals surface area contributed by atoms with Gasteiger partial charge in [0.05, 0.1) is 6.26 Å². The van der Waals surface area contributed by atoms with Crippen LogP contribution in [0.2, 0.25) is 0 Å². The summed E-state index contributed by atoms with van der Waals surface area (Å²) in [5, 5.41) is 1.68. The molecule has 1 rings (SSSR count). The zero-order valence-corrected chi connectivity index (χ0v) is 15.2. The van der Waals surface area contributed by atoms with Crippen LogP contribution in [0.1, 0.15) is 13.3 Å². The highest BCUT2D eigenvalue weighted by Gasteiger charge is 2.19. The Bertz CT molecular complexity index is 639. The topological polar surface area (TPSA) is 83.6 Å². The van der Waals surface area contributed by atoms with Gasteiger partial charge in [0.2, 0.25) is 10.0 Å². The van der Waals surface area contributed by atoms with Crippen LogP contribution in [-0.4, -0.2) is 47.0 Å². The van der Waals surface area contributed by atoms with Gasteiger partial charge in [-0.1, -0.05) is 6.92 Å². The van der Waals surface area contributed by atoms with Gasteiger partial charge in [-0.2, -0.15) is 0 Å². The van der Waals surface area contributed by atoms with E-state index in [1.165, 1.54) is 4.31 Å². The van der Waals surface area contributed by atoms with Crippen LogP contribution in [-0.2, 0) is 20.0 Å². The maximum Gasteiger partial charge on any atom is 0.251 e. The van der Waals surface area contributed by atoms with Gasteiger partial charge in [0.25, 0.3) is 10.0 Å². The average Bonchev–Trinajstić information content (AvgIpc) is 2.74. The second kappa shape index (κ2) is 7.32. The molecule has 1 aromatic rings. The van der Waals surface area contributed by atoms with Crippen molar-refractivity contribution in [3.8, 4) is 0 Å². The van der Waals surface area contributed by atoms with Crippen molar-refractivity contribution in [3.05, 3.63) is 15.9 Å². The van der Waals surface area contributed by atoms with Crippen LogP contribution in [0.5, 0.6) is 0 Å². The zero-order valence-electron chi connectivity index (χ0n) is 11.2. The van der Waals surface area contributed by atoms with Crippen LogP contribution >= 0.6 is 27.3 Å². The van der Waals surface area contributed by atoms with E-state index in [4.69, 9.17) is 0 Å². The molecule has 0 aliphatic heterocycles. The molecule has 1 heterocycles. The molecule has 0 saturated carbocycles. The highest BCUT2D eigenvalue weighted by atomic mass is 79.9. The molecule has 1 N–H and O–H groups in total. The Morgan fingerprint density at radius 2 is 2.00 bits per heavy atom. The summed E-state index contributed by atoms with van der Waals surface area (Å²) in [4.78, 5) is 0. The molecule has 0 aliphatic carbocycles. The first-order valence-corrected chi connectivity index (χ1v) is 10.9. The van der Waals surface area contributed by atoms with Gasteiger partial charge < -0.3 is 0 Å². The average molecular weight is 405 g/mol. The van der Waals surface area contributed by atoms with Crippen molar-refractivity contribution in [2.24, 2.45) is 0 Å². The first-order chi connectivity index (χ1) is 9.18. The van der Waals surface area contributed by atoms with Crippen LogP contribution in [0.25, 0.3) is 0 Å². The summed E-state index contributed by atoms with van der Waals surface area (Å²) in [6.45, 7) is 2.61. The summed E-state index contributed by atoms with van der Waals surface area (Å²) in [5.74, 6) is 0. The van der Waals surface area contributed by atoms with Crippen molar-refractivity contribution in [2.45, 2.75) is 17.6 Å². The third kappa shape index (κ3) is 5.08. The van der Waals surface area contributed by atoms with Crippen LogP contribution < -0.4 is 4.72 Å². The van der Waals surface area contributed by atoms with E-state index in [2.05, 4.69) is 20.7 Å². The first kappa shape index (κ1) is 18.1. The monoisotopic (exact) mass is 404 g/mol. The van der Waals surface area contributed by atoms with Crippen LogP contribution in [0.15, 0.2) is 20.1 Å². The second-order valence-electron chi connectivity index (χ2n) is 4.06.